The van der Waals surface area contributed by atoms with Gasteiger partial charge in [-0.3, -0.25) is 4.98 Å². The molecular formula is C13H16CuN2O. The Morgan fingerprint density at radius 1 is 1.00 bits per heavy atom. The second-order valence-electron chi connectivity index (χ2n) is 3.56. The second-order valence-corrected chi connectivity index (χ2v) is 3.56. The van der Waals surface area contributed by atoms with Crippen molar-refractivity contribution in [3.63, 3.8) is 0 Å². The standard InChI is InChI=1S/C9H7N.C4H9NO.Cu/c1-2-6-9-8(4-1)5-3-7-10-9;1-3-6-4-2-5-1;/h1-7H;5H,1-4H2;. The molecule has 1 aliphatic rings. The molecule has 1 N–H and O–H groups in total. The predicted octanol–water partition coefficient (Wildman–Crippen LogP) is 1.84. The van der Waals surface area contributed by atoms with E-state index in [0.717, 1.165) is 31.8 Å². The van der Waals surface area contributed by atoms with Crippen LogP contribution in [0.1, 0.15) is 0 Å². The zero-order chi connectivity index (χ0) is 11.1. The number of ether oxygens (including phenoxy) is 1. The molecule has 17 heavy (non-hydrogen) atoms. The molecule has 2 heterocycles. The smallest absolute Gasteiger partial charge is 0.0701 e. The van der Waals surface area contributed by atoms with Gasteiger partial charge in [0.25, 0.3) is 0 Å². The first-order valence-corrected chi connectivity index (χ1v) is 5.55. The maximum atomic E-state index is 5.01. The molecule has 0 saturated carbocycles. The second kappa shape index (κ2) is 8.20. The van der Waals surface area contributed by atoms with Crippen molar-refractivity contribution in [3.05, 3.63) is 42.6 Å². The van der Waals surface area contributed by atoms with Crippen LogP contribution in [0.2, 0.25) is 0 Å². The SMILES string of the molecule is C1COCCN1.[Cu].c1ccc2ncccc2c1. The Balaban J connectivity index is 0.000000180. The topological polar surface area (TPSA) is 34.1 Å². The van der Waals surface area contributed by atoms with E-state index < -0.39 is 0 Å². The van der Waals surface area contributed by atoms with Crippen LogP contribution in [0.15, 0.2) is 42.6 Å². The minimum atomic E-state index is 0. The van der Waals surface area contributed by atoms with Crippen LogP contribution in [0.25, 0.3) is 10.9 Å². The van der Waals surface area contributed by atoms with Crippen LogP contribution in [0.3, 0.4) is 0 Å². The average molecular weight is 280 g/mol. The van der Waals surface area contributed by atoms with Gasteiger partial charge in [0.15, 0.2) is 0 Å². The largest absolute Gasteiger partial charge is 0.379 e. The van der Waals surface area contributed by atoms with E-state index in [0.29, 0.717) is 0 Å². The number of pyridine rings is 1. The molecule has 0 aliphatic carbocycles. The molecular weight excluding hydrogens is 264 g/mol. The summed E-state index contributed by atoms with van der Waals surface area (Å²) >= 11 is 0. The number of nitrogens with one attached hydrogen (secondary N) is 1. The molecule has 0 bridgehead atoms. The number of benzene rings is 1. The zero-order valence-corrected chi connectivity index (χ0v) is 10.5. The Morgan fingerprint density at radius 3 is 2.29 bits per heavy atom. The summed E-state index contributed by atoms with van der Waals surface area (Å²) in [4.78, 5) is 4.18. The first-order chi connectivity index (χ1) is 7.97. The van der Waals surface area contributed by atoms with Gasteiger partial charge in [-0.1, -0.05) is 24.3 Å². The fourth-order valence-corrected chi connectivity index (χ4v) is 1.53. The first-order valence-electron chi connectivity index (χ1n) is 5.55. The summed E-state index contributed by atoms with van der Waals surface area (Å²) in [5.74, 6) is 0. The van der Waals surface area contributed by atoms with Gasteiger partial charge in [-0.05, 0) is 12.1 Å². The van der Waals surface area contributed by atoms with Crippen molar-refractivity contribution >= 4 is 10.9 Å². The van der Waals surface area contributed by atoms with Gasteiger partial charge in [-0.25, -0.2) is 0 Å². The summed E-state index contributed by atoms with van der Waals surface area (Å²) in [6, 6.07) is 12.1. The summed E-state index contributed by atoms with van der Waals surface area (Å²) < 4.78 is 5.01. The van der Waals surface area contributed by atoms with Crippen LogP contribution >= 0.6 is 0 Å². The third-order valence-electron chi connectivity index (χ3n) is 2.36. The summed E-state index contributed by atoms with van der Waals surface area (Å²) in [5, 5.41) is 4.36. The Labute approximate surface area is 112 Å². The van der Waals surface area contributed by atoms with Crippen molar-refractivity contribution in [2.75, 3.05) is 26.3 Å². The minimum Gasteiger partial charge on any atom is -0.379 e. The van der Waals surface area contributed by atoms with E-state index in [4.69, 9.17) is 4.74 Å². The van der Waals surface area contributed by atoms with Gasteiger partial charge < -0.3 is 10.1 Å². The molecule has 0 spiro atoms. The quantitative estimate of drug-likeness (QED) is 0.747. The molecule has 0 unspecified atom stereocenters. The third kappa shape index (κ3) is 4.84. The molecule has 1 radical (unpaired) electrons. The molecule has 1 fully saturated rings. The van der Waals surface area contributed by atoms with Crippen LogP contribution in [-0.2, 0) is 21.8 Å². The number of hydrogen-bond donors (Lipinski definition) is 1. The molecule has 95 valence electrons. The number of fused-ring (bicyclic) bond motifs is 1. The predicted molar refractivity (Wildman–Crippen MR) is 65.4 cm³/mol. The molecule has 4 heteroatoms. The number of aromatic nitrogens is 1. The van der Waals surface area contributed by atoms with Gasteiger partial charge in [0.1, 0.15) is 0 Å². The average Bonchev–Trinajstić information content (AvgIpc) is 2.42. The maximum absolute atomic E-state index is 5.01. The molecule has 2 aromatic rings. The number of hydrogen-bond acceptors (Lipinski definition) is 3. The number of nitrogens with zero attached hydrogens (tertiary/aromatic N) is 1. The van der Waals surface area contributed by atoms with Crippen molar-refractivity contribution < 1.29 is 21.8 Å². The molecule has 3 nitrogen and oxygen atoms in total. The van der Waals surface area contributed by atoms with Gasteiger partial charge in [0.2, 0.25) is 0 Å². The maximum Gasteiger partial charge on any atom is 0.0701 e. The van der Waals surface area contributed by atoms with Crippen LogP contribution in [0.5, 0.6) is 0 Å². The van der Waals surface area contributed by atoms with E-state index in [1.807, 2.05) is 30.5 Å². The summed E-state index contributed by atoms with van der Waals surface area (Å²) in [6.07, 6.45) is 1.81. The molecule has 1 aromatic heterocycles. The minimum absolute atomic E-state index is 0. The Morgan fingerprint density at radius 2 is 1.71 bits per heavy atom. The monoisotopic (exact) mass is 279 g/mol. The van der Waals surface area contributed by atoms with Crippen LogP contribution in [0, 0.1) is 0 Å². The fraction of sp³-hybridized carbons (Fsp3) is 0.308. The Kier molecular flexibility index (Phi) is 6.82. The molecule has 1 saturated heterocycles. The normalized spacial score (nSPS) is 14.4. The molecule has 3 rings (SSSR count). The molecule has 0 amide bonds. The summed E-state index contributed by atoms with van der Waals surface area (Å²) in [7, 11) is 0. The zero-order valence-electron chi connectivity index (χ0n) is 9.53. The molecule has 1 aromatic carbocycles. The van der Waals surface area contributed by atoms with Crippen molar-refractivity contribution in [2.24, 2.45) is 0 Å². The van der Waals surface area contributed by atoms with E-state index in [1.165, 1.54) is 5.39 Å². The van der Waals surface area contributed by atoms with E-state index in [1.54, 1.807) is 0 Å². The van der Waals surface area contributed by atoms with Gasteiger partial charge in [-0.15, -0.1) is 0 Å². The van der Waals surface area contributed by atoms with E-state index in [2.05, 4.69) is 22.4 Å². The Bertz CT molecular complexity index is 355. The third-order valence-corrected chi connectivity index (χ3v) is 2.36. The fourth-order valence-electron chi connectivity index (χ4n) is 1.53. The van der Waals surface area contributed by atoms with Gasteiger partial charge >= 0.3 is 0 Å². The van der Waals surface area contributed by atoms with E-state index in [-0.39, 0.29) is 17.1 Å². The number of morpholine rings is 1. The van der Waals surface area contributed by atoms with E-state index in [9.17, 15) is 0 Å². The van der Waals surface area contributed by atoms with Crippen molar-refractivity contribution in [1.29, 1.82) is 0 Å². The van der Waals surface area contributed by atoms with Gasteiger partial charge in [-0.2, -0.15) is 0 Å². The van der Waals surface area contributed by atoms with Gasteiger partial charge in [0, 0.05) is 41.7 Å². The molecule has 0 atom stereocenters. The summed E-state index contributed by atoms with van der Waals surface area (Å²) in [6.45, 7) is 3.83. The number of para-hydroxylation sites is 1. The van der Waals surface area contributed by atoms with Crippen LogP contribution in [0.4, 0.5) is 0 Å². The van der Waals surface area contributed by atoms with E-state index >= 15 is 0 Å². The van der Waals surface area contributed by atoms with Crippen molar-refractivity contribution in [2.45, 2.75) is 0 Å². The summed E-state index contributed by atoms with van der Waals surface area (Å²) in [5.41, 5.74) is 1.06. The first kappa shape index (κ1) is 14.1. The van der Waals surface area contributed by atoms with Gasteiger partial charge in [0.05, 0.1) is 18.7 Å². The van der Waals surface area contributed by atoms with Crippen molar-refractivity contribution in [3.8, 4) is 0 Å². The van der Waals surface area contributed by atoms with Crippen LogP contribution < -0.4 is 5.32 Å². The molecule has 1 aliphatic heterocycles. The van der Waals surface area contributed by atoms with Crippen molar-refractivity contribution in [1.82, 2.24) is 10.3 Å². The number of rotatable bonds is 0. The van der Waals surface area contributed by atoms with Crippen LogP contribution in [-0.4, -0.2) is 31.3 Å². The Hall–Kier alpha value is -0.931.